The van der Waals surface area contributed by atoms with Crippen LogP contribution in [0.15, 0.2) is 170 Å². The minimum absolute atomic E-state index is 0.0305. The summed E-state index contributed by atoms with van der Waals surface area (Å²) in [7, 11) is 0. The Morgan fingerprint density at radius 1 is 0.369 bits per heavy atom. The van der Waals surface area contributed by atoms with Gasteiger partial charge in [0.15, 0.2) is 5.78 Å². The molecule has 9 aliphatic carbocycles. The van der Waals surface area contributed by atoms with Crippen LogP contribution in [-0.4, -0.2) is 10.2 Å². The quantitative estimate of drug-likeness (QED) is 0.153. The summed E-state index contributed by atoms with van der Waals surface area (Å²) in [5.74, 6) is -0.206. The lowest BCUT2D eigenvalue weighted by Gasteiger charge is -2.44. The van der Waals surface area contributed by atoms with E-state index in [-0.39, 0.29) is 41.3 Å². The number of aromatic nitrogens is 1. The molecule has 0 saturated heterocycles. The number of carbonyl (C=O) groups is 1. The second-order valence-electron chi connectivity index (χ2n) is 19.4. The number of nitrogens with zero attached hydrogens (tertiary/aromatic N) is 2. The van der Waals surface area contributed by atoms with Gasteiger partial charge in [-0.15, -0.1) is 0 Å². The molecule has 2 aromatic heterocycles. The van der Waals surface area contributed by atoms with Crippen molar-refractivity contribution in [3.8, 4) is 6.07 Å². The summed E-state index contributed by atoms with van der Waals surface area (Å²) in [5, 5.41) is 16.3. The molecule has 0 saturated carbocycles. The van der Waals surface area contributed by atoms with Gasteiger partial charge in [0.1, 0.15) is 0 Å². The lowest BCUT2D eigenvalue weighted by molar-refractivity contribution is 0.0974. The molecule has 0 atom stereocenters. The van der Waals surface area contributed by atoms with Crippen LogP contribution in [0.4, 0.5) is 0 Å². The first-order chi connectivity index (χ1) is 32.2. The Kier molecular flexibility index (Phi) is 5.76. The van der Waals surface area contributed by atoms with Gasteiger partial charge >= 0.3 is 0 Å². The molecule has 20 rings (SSSR count). The van der Waals surface area contributed by atoms with Gasteiger partial charge in [0.2, 0.25) is 0 Å². The van der Waals surface area contributed by atoms with Gasteiger partial charge in [-0.25, -0.2) is 0 Å². The summed E-state index contributed by atoms with van der Waals surface area (Å²) < 4.78 is 2.48. The van der Waals surface area contributed by atoms with Gasteiger partial charge in [-0.05, 0) is 119 Å². The van der Waals surface area contributed by atoms with Crippen LogP contribution in [0.1, 0.15) is 146 Å². The van der Waals surface area contributed by atoms with Crippen LogP contribution in [0, 0.1) is 11.3 Å². The Morgan fingerprint density at radius 3 is 1.25 bits per heavy atom. The summed E-state index contributed by atoms with van der Waals surface area (Å²) in [6.45, 7) is 0. The van der Waals surface area contributed by atoms with Crippen molar-refractivity contribution in [3.63, 3.8) is 0 Å². The topological polar surface area (TPSA) is 45.3 Å². The minimum Gasteiger partial charge on any atom is -0.308 e. The van der Waals surface area contributed by atoms with Crippen LogP contribution in [0.2, 0.25) is 0 Å². The molecule has 0 amide bonds. The van der Waals surface area contributed by atoms with Crippen molar-refractivity contribution in [1.82, 2.24) is 4.40 Å². The van der Waals surface area contributed by atoms with E-state index in [0.29, 0.717) is 0 Å². The fourth-order valence-corrected chi connectivity index (χ4v) is 14.9. The molecule has 0 N–H and O–H groups in total. The first-order valence-corrected chi connectivity index (χ1v) is 23.1. The van der Waals surface area contributed by atoms with Gasteiger partial charge in [0.25, 0.3) is 0 Å². The third-order valence-corrected chi connectivity index (χ3v) is 17.0. The maximum atomic E-state index is 15.5. The molecular formula is C62H34N2O. The van der Waals surface area contributed by atoms with Crippen LogP contribution in [0.3, 0.4) is 0 Å². The van der Waals surface area contributed by atoms with Gasteiger partial charge in [-0.2, -0.15) is 5.26 Å². The normalized spacial score (nSPS) is 21.6. The maximum absolute atomic E-state index is 15.5. The predicted molar refractivity (Wildman–Crippen MR) is 255 cm³/mol. The molecule has 2 heterocycles. The molecule has 298 valence electrons. The first kappa shape index (κ1) is 33.5. The number of fused-ring (bicyclic) bond motifs is 6. The number of ketones is 1. The molecule has 11 aromatic rings. The molecular weight excluding hydrogens is 789 g/mol. The highest BCUT2D eigenvalue weighted by atomic mass is 16.1. The zero-order valence-corrected chi connectivity index (χ0v) is 34.9. The second kappa shape index (κ2) is 11.2. The summed E-state index contributed by atoms with van der Waals surface area (Å²) in [4.78, 5) is 15.5. The molecule has 0 fully saturated rings. The van der Waals surface area contributed by atoms with E-state index in [1.807, 2.05) is 0 Å². The van der Waals surface area contributed by atoms with Gasteiger partial charge < -0.3 is 4.40 Å². The van der Waals surface area contributed by atoms with Gasteiger partial charge in [-0.3, -0.25) is 4.79 Å². The highest BCUT2D eigenvalue weighted by Crippen LogP contribution is 2.64. The molecule has 0 aliphatic heterocycles. The summed E-state index contributed by atoms with van der Waals surface area (Å²) in [6, 6.07) is 65.7. The molecule has 9 aromatic carbocycles. The van der Waals surface area contributed by atoms with Crippen molar-refractivity contribution >= 4 is 43.9 Å². The van der Waals surface area contributed by atoms with E-state index in [1.54, 1.807) is 0 Å². The van der Waals surface area contributed by atoms with Crippen molar-refractivity contribution in [2.75, 3.05) is 0 Å². The smallest absolute Gasteiger partial charge is 0.175 e. The lowest BCUT2D eigenvalue weighted by atomic mass is 9.58. The van der Waals surface area contributed by atoms with Gasteiger partial charge in [0.05, 0.1) is 34.1 Å². The number of carbonyl (C=O) groups excluding carboxylic acids is 1. The average Bonchev–Trinajstić information content (AvgIpc) is 3.81. The van der Waals surface area contributed by atoms with Gasteiger partial charge in [-0.1, -0.05) is 146 Å². The SMILES string of the molecule is N#Cc1cc2c(c3c1C1c4ccccc4C3c3ccccc31)c1c3c(cc4c5cc6c(cc5n2c41)C(=O)C1c2ccccc2C6c2ccccc21)C1c2ccccc2C3c2ccccc21. The van der Waals surface area contributed by atoms with E-state index in [9.17, 15) is 5.26 Å². The van der Waals surface area contributed by atoms with E-state index < -0.39 is 0 Å². The maximum Gasteiger partial charge on any atom is 0.175 e. The molecule has 0 unspecified atom stereocenters. The molecule has 3 nitrogen and oxygen atoms in total. The Bertz CT molecular complexity index is 4020. The zero-order chi connectivity index (χ0) is 42.1. The number of Topliss-reactive ketones (excluding diaryl/α,β-unsaturated/α-hetero) is 1. The Morgan fingerprint density at radius 2 is 0.769 bits per heavy atom. The minimum atomic E-state index is -0.365. The highest BCUT2D eigenvalue weighted by molar-refractivity contribution is 6.27. The Balaban J connectivity index is 1.09. The van der Waals surface area contributed by atoms with E-state index >= 15 is 4.79 Å². The van der Waals surface area contributed by atoms with Crippen LogP contribution < -0.4 is 0 Å². The fraction of sp³-hybridized carbons (Fsp3) is 0.0968. The van der Waals surface area contributed by atoms with Gasteiger partial charge in [0, 0.05) is 56.7 Å². The van der Waals surface area contributed by atoms with Crippen molar-refractivity contribution < 1.29 is 4.79 Å². The number of benzene rings is 9. The van der Waals surface area contributed by atoms with Crippen LogP contribution in [0.25, 0.3) is 38.1 Å². The fourth-order valence-electron chi connectivity index (χ4n) is 14.9. The number of rotatable bonds is 0. The third kappa shape index (κ3) is 3.62. The largest absolute Gasteiger partial charge is 0.308 e. The van der Waals surface area contributed by atoms with Crippen LogP contribution in [-0.2, 0) is 0 Å². The van der Waals surface area contributed by atoms with Crippen molar-refractivity contribution in [2.24, 2.45) is 0 Å². The number of hydrogen-bond donors (Lipinski definition) is 0. The monoisotopic (exact) mass is 822 g/mol. The summed E-state index contributed by atoms with van der Waals surface area (Å²) in [6.07, 6.45) is 0. The average molecular weight is 823 g/mol. The zero-order valence-electron chi connectivity index (χ0n) is 34.9. The van der Waals surface area contributed by atoms with Crippen molar-refractivity contribution in [3.05, 3.63) is 276 Å². The molecule has 9 aliphatic rings. The predicted octanol–water partition coefficient (Wildman–Crippen LogP) is 13.5. The first-order valence-electron chi connectivity index (χ1n) is 23.1. The van der Waals surface area contributed by atoms with E-state index in [4.69, 9.17) is 0 Å². The van der Waals surface area contributed by atoms with E-state index in [0.717, 1.165) is 49.8 Å². The number of nitriles is 1. The molecule has 0 radical (unpaired) electrons. The Hall–Kier alpha value is -8.06. The number of hydrogen-bond acceptors (Lipinski definition) is 2. The Labute approximate surface area is 373 Å². The standard InChI is InChI=1S/C62H34N2O/c63-29-30-25-49-58(59-50(30)53-37-19-7-9-21-39(37)55(59)40-22-10-8-20-38(40)53)60-57-47(52-31-13-1-5-17-35(31)54(57)36-18-6-2-14-32(36)52)27-45-43-26-44-46(28-48(43)64(49)61(45)60)62(65)56-41-23-11-3-15-33(41)51(44)34-16-4-12-24-42(34)56/h1-28,51-56H. The molecule has 6 bridgehead atoms. The molecule has 65 heavy (non-hydrogen) atoms. The second-order valence-corrected chi connectivity index (χ2v) is 19.4. The van der Waals surface area contributed by atoms with E-state index in [1.165, 1.54) is 94.0 Å². The molecule has 0 spiro atoms. The summed E-state index contributed by atoms with van der Waals surface area (Å²) >= 11 is 0. The van der Waals surface area contributed by atoms with E-state index in [2.05, 4.69) is 180 Å². The third-order valence-electron chi connectivity index (χ3n) is 17.0. The summed E-state index contributed by atoms with van der Waals surface area (Å²) in [5.41, 5.74) is 26.7. The van der Waals surface area contributed by atoms with Crippen LogP contribution in [0.5, 0.6) is 0 Å². The van der Waals surface area contributed by atoms with Crippen molar-refractivity contribution in [2.45, 2.75) is 35.5 Å². The molecule has 3 heteroatoms. The van der Waals surface area contributed by atoms with Crippen LogP contribution >= 0.6 is 0 Å². The lowest BCUT2D eigenvalue weighted by Crippen LogP contribution is -2.29. The van der Waals surface area contributed by atoms with Crippen molar-refractivity contribution in [1.29, 1.82) is 5.26 Å². The highest BCUT2D eigenvalue weighted by Gasteiger charge is 2.48.